The highest BCUT2D eigenvalue weighted by Crippen LogP contribution is 2.26. The third-order valence-corrected chi connectivity index (χ3v) is 7.19. The Morgan fingerprint density at radius 3 is 2.39 bits per heavy atom. The van der Waals surface area contributed by atoms with E-state index < -0.39 is 10.0 Å². The molecule has 2 saturated heterocycles. The smallest absolute Gasteiger partial charge is 0.320 e. The van der Waals surface area contributed by atoms with Gasteiger partial charge in [0.25, 0.3) is 0 Å². The monoisotopic (exact) mass is 401 g/mol. The molecular weight excluding hydrogens is 378 g/mol. The molecule has 28 heavy (non-hydrogen) atoms. The van der Waals surface area contributed by atoms with Gasteiger partial charge in [-0.15, -0.1) is 0 Å². The molecule has 2 aromatic rings. The molecular formula is C20H23N3O4S. The van der Waals surface area contributed by atoms with Crippen molar-refractivity contribution in [3.8, 4) is 5.75 Å². The first-order valence-electron chi connectivity index (χ1n) is 9.23. The van der Waals surface area contributed by atoms with Gasteiger partial charge >= 0.3 is 6.03 Å². The fraction of sp³-hybridized carbons (Fsp3) is 0.350. The van der Waals surface area contributed by atoms with E-state index >= 15 is 0 Å². The third kappa shape index (κ3) is 3.45. The van der Waals surface area contributed by atoms with Gasteiger partial charge in [-0.25, -0.2) is 13.2 Å². The summed E-state index contributed by atoms with van der Waals surface area (Å²) in [6, 6.07) is 16.1. The Bertz CT molecular complexity index is 947. The number of amides is 2. The molecule has 2 amide bonds. The Kier molecular flexibility index (Phi) is 4.99. The van der Waals surface area contributed by atoms with E-state index in [4.69, 9.17) is 4.74 Å². The number of benzene rings is 2. The van der Waals surface area contributed by atoms with Crippen LogP contribution in [-0.4, -0.2) is 67.9 Å². The summed E-state index contributed by atoms with van der Waals surface area (Å²) in [5.74, 6) is 0.613. The van der Waals surface area contributed by atoms with Gasteiger partial charge in [0.15, 0.2) is 0 Å². The van der Waals surface area contributed by atoms with E-state index in [1.54, 1.807) is 41.2 Å². The third-order valence-electron chi connectivity index (χ3n) is 5.31. The largest absolute Gasteiger partial charge is 0.497 e. The SMILES string of the molecule is COc1ccc(S(=O)(=O)N2CCN3C(=O)N(Cc4ccccc4)C[C@H]3C2)cc1. The zero-order valence-electron chi connectivity index (χ0n) is 15.7. The van der Waals surface area contributed by atoms with Crippen LogP contribution in [-0.2, 0) is 16.6 Å². The lowest BCUT2D eigenvalue weighted by molar-refractivity contribution is 0.159. The van der Waals surface area contributed by atoms with Crippen LogP contribution >= 0.6 is 0 Å². The van der Waals surface area contributed by atoms with Crippen molar-refractivity contribution in [2.75, 3.05) is 33.3 Å². The lowest BCUT2D eigenvalue weighted by atomic mass is 10.2. The van der Waals surface area contributed by atoms with Crippen molar-refractivity contribution in [2.45, 2.75) is 17.5 Å². The molecule has 0 N–H and O–H groups in total. The maximum absolute atomic E-state index is 13.0. The summed E-state index contributed by atoms with van der Waals surface area (Å²) in [6.07, 6.45) is 0. The molecule has 0 aliphatic carbocycles. The number of nitrogens with zero attached hydrogens (tertiary/aromatic N) is 3. The van der Waals surface area contributed by atoms with Gasteiger partial charge in [-0.2, -0.15) is 4.31 Å². The van der Waals surface area contributed by atoms with Crippen molar-refractivity contribution in [2.24, 2.45) is 0 Å². The molecule has 7 nitrogen and oxygen atoms in total. The molecule has 2 aliphatic heterocycles. The molecule has 1 atom stereocenters. The summed E-state index contributed by atoms with van der Waals surface area (Å²) < 4.78 is 32.6. The zero-order chi connectivity index (χ0) is 19.7. The highest BCUT2D eigenvalue weighted by molar-refractivity contribution is 7.89. The van der Waals surface area contributed by atoms with Gasteiger partial charge in [0.1, 0.15) is 5.75 Å². The number of ether oxygens (including phenoxy) is 1. The predicted octanol–water partition coefficient (Wildman–Crippen LogP) is 2.01. The molecule has 8 heteroatoms. The van der Waals surface area contributed by atoms with Crippen LogP contribution in [0.15, 0.2) is 59.5 Å². The van der Waals surface area contributed by atoms with Gasteiger partial charge in [0.05, 0.1) is 18.0 Å². The maximum Gasteiger partial charge on any atom is 0.320 e. The topological polar surface area (TPSA) is 70.2 Å². The normalized spacial score (nSPS) is 20.3. The van der Waals surface area contributed by atoms with Gasteiger partial charge in [-0.3, -0.25) is 0 Å². The Hall–Kier alpha value is -2.58. The van der Waals surface area contributed by atoms with Crippen LogP contribution in [0.1, 0.15) is 5.56 Å². The number of methoxy groups -OCH3 is 1. The minimum atomic E-state index is -3.60. The fourth-order valence-electron chi connectivity index (χ4n) is 3.80. The van der Waals surface area contributed by atoms with Crippen molar-refractivity contribution in [1.82, 2.24) is 14.1 Å². The van der Waals surface area contributed by atoms with Gasteiger partial charge in [0.2, 0.25) is 10.0 Å². The standard InChI is InChI=1S/C20H23N3O4S/c1-27-18-7-9-19(10-8-18)28(25,26)22-11-12-23-17(15-22)14-21(20(23)24)13-16-5-3-2-4-6-16/h2-10,17H,11-15H2,1H3/t17-/m0/s1. The van der Waals surface area contributed by atoms with E-state index in [1.807, 2.05) is 30.3 Å². The van der Waals surface area contributed by atoms with Crippen molar-refractivity contribution in [3.05, 3.63) is 60.2 Å². The summed E-state index contributed by atoms with van der Waals surface area (Å²) in [6.45, 7) is 2.09. The molecule has 0 bridgehead atoms. The second-order valence-electron chi connectivity index (χ2n) is 7.03. The maximum atomic E-state index is 13.0. The van der Waals surface area contributed by atoms with E-state index in [1.165, 1.54) is 4.31 Å². The number of sulfonamides is 1. The first-order valence-corrected chi connectivity index (χ1v) is 10.7. The quantitative estimate of drug-likeness (QED) is 0.769. The number of hydrogen-bond donors (Lipinski definition) is 0. The van der Waals surface area contributed by atoms with Gasteiger partial charge in [-0.05, 0) is 29.8 Å². The Morgan fingerprint density at radius 1 is 1.00 bits per heavy atom. The lowest BCUT2D eigenvalue weighted by Gasteiger charge is -2.35. The van der Waals surface area contributed by atoms with Crippen LogP contribution in [0.5, 0.6) is 5.75 Å². The van der Waals surface area contributed by atoms with E-state index in [9.17, 15) is 13.2 Å². The average Bonchev–Trinajstić information content (AvgIpc) is 3.03. The van der Waals surface area contributed by atoms with E-state index in [-0.39, 0.29) is 17.0 Å². The minimum Gasteiger partial charge on any atom is -0.497 e. The van der Waals surface area contributed by atoms with Crippen molar-refractivity contribution in [3.63, 3.8) is 0 Å². The second kappa shape index (κ2) is 7.44. The van der Waals surface area contributed by atoms with Crippen molar-refractivity contribution >= 4 is 16.1 Å². The molecule has 2 fully saturated rings. The summed E-state index contributed by atoms with van der Waals surface area (Å²) >= 11 is 0. The molecule has 2 aliphatic rings. The van der Waals surface area contributed by atoms with Crippen LogP contribution in [0.2, 0.25) is 0 Å². The molecule has 148 valence electrons. The predicted molar refractivity (Wildman–Crippen MR) is 104 cm³/mol. The Balaban J connectivity index is 1.47. The van der Waals surface area contributed by atoms with E-state index in [2.05, 4.69) is 0 Å². The summed E-state index contributed by atoms with van der Waals surface area (Å²) in [7, 11) is -2.06. The minimum absolute atomic E-state index is 0.0182. The molecule has 2 aromatic carbocycles. The lowest BCUT2D eigenvalue weighted by Crippen LogP contribution is -2.53. The average molecular weight is 401 g/mol. The summed E-state index contributed by atoms with van der Waals surface area (Å²) in [4.78, 5) is 16.5. The first kappa shape index (κ1) is 18.8. The fourth-order valence-corrected chi connectivity index (χ4v) is 5.27. The molecule has 4 rings (SSSR count). The first-order chi connectivity index (χ1) is 13.5. The Morgan fingerprint density at radius 2 is 1.71 bits per heavy atom. The number of carbonyl (C=O) groups is 1. The molecule has 0 spiro atoms. The number of carbonyl (C=O) groups excluding carboxylic acids is 1. The highest BCUT2D eigenvalue weighted by atomic mass is 32.2. The molecule has 2 heterocycles. The van der Waals surface area contributed by atoms with Crippen molar-refractivity contribution < 1.29 is 17.9 Å². The van der Waals surface area contributed by atoms with Crippen LogP contribution in [0, 0.1) is 0 Å². The van der Waals surface area contributed by atoms with E-state index in [0.717, 1.165) is 5.56 Å². The molecule has 0 aromatic heterocycles. The number of rotatable bonds is 5. The van der Waals surface area contributed by atoms with Crippen LogP contribution < -0.4 is 4.74 Å². The molecule has 0 unspecified atom stereocenters. The number of piperazine rings is 1. The van der Waals surface area contributed by atoms with Gasteiger partial charge < -0.3 is 14.5 Å². The van der Waals surface area contributed by atoms with Crippen LogP contribution in [0.25, 0.3) is 0 Å². The van der Waals surface area contributed by atoms with Crippen LogP contribution in [0.4, 0.5) is 4.79 Å². The number of fused-ring (bicyclic) bond motifs is 1. The van der Waals surface area contributed by atoms with E-state index in [0.29, 0.717) is 38.5 Å². The number of urea groups is 1. The summed E-state index contributed by atoms with van der Waals surface area (Å²) in [5.41, 5.74) is 1.07. The van der Waals surface area contributed by atoms with Gasteiger partial charge in [0, 0.05) is 32.7 Å². The molecule has 0 radical (unpaired) electrons. The number of hydrogen-bond acceptors (Lipinski definition) is 4. The Labute approximate surface area is 165 Å². The van der Waals surface area contributed by atoms with Gasteiger partial charge in [-0.1, -0.05) is 30.3 Å². The summed E-state index contributed by atoms with van der Waals surface area (Å²) in [5, 5.41) is 0. The second-order valence-corrected chi connectivity index (χ2v) is 8.97. The van der Waals surface area contributed by atoms with Crippen LogP contribution in [0.3, 0.4) is 0 Å². The molecule has 0 saturated carbocycles. The highest BCUT2D eigenvalue weighted by Gasteiger charge is 2.43. The zero-order valence-corrected chi connectivity index (χ0v) is 16.5. The van der Waals surface area contributed by atoms with Crippen molar-refractivity contribution in [1.29, 1.82) is 0 Å².